The van der Waals surface area contributed by atoms with Crippen molar-refractivity contribution in [2.45, 2.75) is 29.9 Å². The Kier molecular flexibility index (Phi) is 6.58. The molecule has 1 unspecified atom stereocenters. The number of aromatic nitrogens is 1. The van der Waals surface area contributed by atoms with E-state index in [2.05, 4.69) is 15.6 Å². The Morgan fingerprint density at radius 3 is 2.65 bits per heavy atom. The number of rotatable bonds is 8. The monoisotopic (exact) mass is 453 g/mol. The van der Waals surface area contributed by atoms with E-state index in [-0.39, 0.29) is 23.0 Å². The Morgan fingerprint density at radius 2 is 1.94 bits per heavy atom. The molecule has 3 aromatic rings. The fourth-order valence-electron chi connectivity index (χ4n) is 2.93. The first-order valence-corrected chi connectivity index (χ1v) is 11.8. The molecule has 1 atom stereocenters. The van der Waals surface area contributed by atoms with E-state index in [9.17, 15) is 9.59 Å². The second-order valence-corrected chi connectivity index (χ2v) is 9.58. The van der Waals surface area contributed by atoms with Gasteiger partial charge in [-0.15, -0.1) is 23.1 Å². The van der Waals surface area contributed by atoms with Gasteiger partial charge in [0, 0.05) is 27.4 Å². The first-order chi connectivity index (χ1) is 15.0. The summed E-state index contributed by atoms with van der Waals surface area (Å²) in [6, 6.07) is 15.2. The largest absolute Gasteiger partial charge is 0.497 e. The Hall–Kier alpha value is -2.84. The number of ether oxygens (including phenoxy) is 1. The van der Waals surface area contributed by atoms with Gasteiger partial charge in [0.15, 0.2) is 5.13 Å². The highest BCUT2D eigenvalue weighted by Crippen LogP contribution is 2.32. The number of benzene rings is 2. The summed E-state index contributed by atoms with van der Waals surface area (Å²) in [7, 11) is 1.63. The van der Waals surface area contributed by atoms with Gasteiger partial charge in [-0.25, -0.2) is 4.98 Å². The molecule has 8 heteroatoms. The van der Waals surface area contributed by atoms with Crippen LogP contribution in [-0.2, 0) is 9.59 Å². The van der Waals surface area contributed by atoms with Crippen molar-refractivity contribution in [1.82, 2.24) is 4.98 Å². The number of carbonyl (C=O) groups excluding carboxylic acids is 2. The molecule has 1 aliphatic carbocycles. The first kappa shape index (κ1) is 21.4. The van der Waals surface area contributed by atoms with Crippen LogP contribution in [0.15, 0.2) is 58.8 Å². The van der Waals surface area contributed by atoms with Gasteiger partial charge in [-0.05, 0) is 62.2 Å². The predicted molar refractivity (Wildman–Crippen MR) is 126 cm³/mol. The molecule has 6 nitrogen and oxygen atoms in total. The normalized spacial score (nSPS) is 14.0. The molecule has 160 valence electrons. The Bertz CT molecular complexity index is 1080. The van der Waals surface area contributed by atoms with Crippen LogP contribution in [0.4, 0.5) is 10.8 Å². The van der Waals surface area contributed by atoms with E-state index in [1.807, 2.05) is 60.8 Å². The third-order valence-electron chi connectivity index (χ3n) is 4.85. The average Bonchev–Trinajstić information content (AvgIpc) is 3.53. The first-order valence-electron chi connectivity index (χ1n) is 10.0. The molecule has 4 rings (SSSR count). The molecule has 1 aliphatic rings. The van der Waals surface area contributed by atoms with Crippen molar-refractivity contribution >= 4 is 45.7 Å². The van der Waals surface area contributed by atoms with E-state index in [0.717, 1.165) is 40.4 Å². The number of methoxy groups -OCH3 is 1. The van der Waals surface area contributed by atoms with Gasteiger partial charge in [-0.3, -0.25) is 9.59 Å². The van der Waals surface area contributed by atoms with E-state index in [4.69, 9.17) is 4.74 Å². The van der Waals surface area contributed by atoms with Gasteiger partial charge in [0.1, 0.15) is 5.75 Å². The number of anilines is 2. The number of amides is 2. The lowest BCUT2D eigenvalue weighted by molar-refractivity contribution is -0.117. The third-order valence-corrected chi connectivity index (χ3v) is 6.70. The van der Waals surface area contributed by atoms with Crippen molar-refractivity contribution < 1.29 is 14.3 Å². The van der Waals surface area contributed by atoms with Gasteiger partial charge >= 0.3 is 0 Å². The summed E-state index contributed by atoms with van der Waals surface area (Å²) in [4.78, 5) is 30.1. The van der Waals surface area contributed by atoms with Crippen LogP contribution in [-0.4, -0.2) is 29.2 Å². The second-order valence-electron chi connectivity index (χ2n) is 7.31. The van der Waals surface area contributed by atoms with E-state index in [0.29, 0.717) is 5.13 Å². The second kappa shape index (κ2) is 9.53. The van der Waals surface area contributed by atoms with E-state index in [1.165, 1.54) is 23.1 Å². The maximum absolute atomic E-state index is 12.7. The van der Waals surface area contributed by atoms with Crippen molar-refractivity contribution in [3.8, 4) is 17.0 Å². The summed E-state index contributed by atoms with van der Waals surface area (Å²) in [5, 5.41) is 8.01. The van der Waals surface area contributed by atoms with Crippen LogP contribution in [0, 0.1) is 5.92 Å². The summed E-state index contributed by atoms with van der Waals surface area (Å²) in [5.74, 6) is 0.897. The summed E-state index contributed by atoms with van der Waals surface area (Å²) in [6.07, 6.45) is 1.93. The molecular formula is C23H23N3O3S2. The molecule has 0 aliphatic heterocycles. The zero-order valence-electron chi connectivity index (χ0n) is 17.3. The zero-order valence-corrected chi connectivity index (χ0v) is 18.9. The lowest BCUT2D eigenvalue weighted by Gasteiger charge is -2.12. The van der Waals surface area contributed by atoms with Gasteiger partial charge < -0.3 is 15.4 Å². The Morgan fingerprint density at radius 1 is 1.16 bits per heavy atom. The molecule has 0 spiro atoms. The molecule has 2 aromatic carbocycles. The van der Waals surface area contributed by atoms with Crippen molar-refractivity contribution in [2.75, 3.05) is 17.7 Å². The predicted octanol–water partition coefficient (Wildman–Crippen LogP) is 5.29. The fourth-order valence-corrected chi connectivity index (χ4v) is 4.58. The van der Waals surface area contributed by atoms with E-state index >= 15 is 0 Å². The number of nitrogens with zero attached hydrogens (tertiary/aromatic N) is 1. The summed E-state index contributed by atoms with van der Waals surface area (Å²) in [6.45, 7) is 1.85. The molecule has 2 N–H and O–H groups in total. The van der Waals surface area contributed by atoms with Crippen molar-refractivity contribution in [3.05, 3.63) is 53.9 Å². The molecule has 0 saturated heterocycles. The Balaban J connectivity index is 1.34. The number of hydrogen-bond donors (Lipinski definition) is 2. The van der Waals surface area contributed by atoms with Crippen LogP contribution in [0.5, 0.6) is 5.75 Å². The highest BCUT2D eigenvalue weighted by molar-refractivity contribution is 8.00. The third kappa shape index (κ3) is 5.65. The molecule has 0 bridgehead atoms. The number of thioether (sulfide) groups is 1. The minimum atomic E-state index is -0.317. The maximum Gasteiger partial charge on any atom is 0.239 e. The molecular weight excluding hydrogens is 430 g/mol. The zero-order chi connectivity index (χ0) is 21.8. The van der Waals surface area contributed by atoms with Crippen molar-refractivity contribution in [3.63, 3.8) is 0 Å². The van der Waals surface area contributed by atoms with Crippen LogP contribution in [0.3, 0.4) is 0 Å². The van der Waals surface area contributed by atoms with Gasteiger partial charge in [-0.1, -0.05) is 6.07 Å². The highest BCUT2D eigenvalue weighted by atomic mass is 32.2. The molecule has 1 fully saturated rings. The molecule has 1 heterocycles. The average molecular weight is 454 g/mol. The van der Waals surface area contributed by atoms with E-state index < -0.39 is 0 Å². The van der Waals surface area contributed by atoms with Crippen LogP contribution in [0.2, 0.25) is 0 Å². The van der Waals surface area contributed by atoms with Crippen molar-refractivity contribution in [1.29, 1.82) is 0 Å². The summed E-state index contributed by atoms with van der Waals surface area (Å²) in [5.41, 5.74) is 2.53. The number of nitrogens with one attached hydrogen (secondary N) is 2. The van der Waals surface area contributed by atoms with Gasteiger partial charge in [-0.2, -0.15) is 0 Å². The SMILES string of the molecule is COc1ccc(-c2csc(NC(=O)C(C)Sc3cccc(NC(=O)C4CC4)c3)n2)cc1. The Labute approximate surface area is 189 Å². The topological polar surface area (TPSA) is 80.3 Å². The molecule has 1 saturated carbocycles. The summed E-state index contributed by atoms with van der Waals surface area (Å²) >= 11 is 2.84. The lowest BCUT2D eigenvalue weighted by Crippen LogP contribution is -2.22. The van der Waals surface area contributed by atoms with Crippen LogP contribution >= 0.6 is 23.1 Å². The van der Waals surface area contributed by atoms with Gasteiger partial charge in [0.25, 0.3) is 0 Å². The van der Waals surface area contributed by atoms with E-state index in [1.54, 1.807) is 7.11 Å². The van der Waals surface area contributed by atoms with Crippen LogP contribution in [0.25, 0.3) is 11.3 Å². The number of carbonyl (C=O) groups is 2. The minimum Gasteiger partial charge on any atom is -0.497 e. The number of hydrogen-bond acceptors (Lipinski definition) is 6. The quantitative estimate of drug-likeness (QED) is 0.453. The highest BCUT2D eigenvalue weighted by Gasteiger charge is 2.29. The summed E-state index contributed by atoms with van der Waals surface area (Å²) < 4.78 is 5.18. The molecule has 2 amide bonds. The minimum absolute atomic E-state index is 0.0735. The molecule has 31 heavy (non-hydrogen) atoms. The van der Waals surface area contributed by atoms with Gasteiger partial charge in [0.05, 0.1) is 18.1 Å². The number of thiazole rings is 1. The lowest BCUT2D eigenvalue weighted by atomic mass is 10.2. The van der Waals surface area contributed by atoms with Crippen molar-refractivity contribution in [2.24, 2.45) is 5.92 Å². The maximum atomic E-state index is 12.7. The van der Waals surface area contributed by atoms with Gasteiger partial charge in [0.2, 0.25) is 11.8 Å². The molecule has 1 aromatic heterocycles. The van der Waals surface area contributed by atoms with Crippen LogP contribution in [0.1, 0.15) is 19.8 Å². The van der Waals surface area contributed by atoms with Crippen LogP contribution < -0.4 is 15.4 Å². The smallest absolute Gasteiger partial charge is 0.239 e. The fraction of sp³-hybridized carbons (Fsp3) is 0.261. The molecule has 0 radical (unpaired) electrons. The standard InChI is InChI=1S/C23H23N3O3S2/c1-14(31-19-5-3-4-17(12-19)24-22(28)16-6-7-16)21(27)26-23-25-20(13-30-23)15-8-10-18(29-2)11-9-15/h3-5,8-14,16H,6-7H2,1-2H3,(H,24,28)(H,25,26,27).